The zero-order chi connectivity index (χ0) is 22.2. The third-order valence-corrected chi connectivity index (χ3v) is 6.63. The Morgan fingerprint density at radius 1 is 1.03 bits per heavy atom. The number of anilines is 2. The van der Waals surface area contributed by atoms with Crippen molar-refractivity contribution in [2.24, 2.45) is 0 Å². The summed E-state index contributed by atoms with van der Waals surface area (Å²) in [5, 5.41) is 7.85. The van der Waals surface area contributed by atoms with Crippen LogP contribution in [-0.4, -0.2) is 54.5 Å². The number of thiazole rings is 1. The van der Waals surface area contributed by atoms with Gasteiger partial charge in [-0.2, -0.15) is 0 Å². The maximum atomic E-state index is 12.9. The molecule has 4 rings (SSSR count). The quantitative estimate of drug-likeness (QED) is 0.487. The maximum Gasteiger partial charge on any atom is 0.256 e. The summed E-state index contributed by atoms with van der Waals surface area (Å²) in [7, 11) is 0. The molecule has 32 heavy (non-hydrogen) atoms. The Morgan fingerprint density at radius 2 is 1.75 bits per heavy atom. The van der Waals surface area contributed by atoms with E-state index in [0.29, 0.717) is 42.4 Å². The van der Waals surface area contributed by atoms with Crippen LogP contribution >= 0.6 is 23.1 Å². The highest BCUT2D eigenvalue weighted by Crippen LogP contribution is 2.27. The molecule has 1 fully saturated rings. The first-order valence-corrected chi connectivity index (χ1v) is 12.2. The molecule has 0 atom stereocenters. The van der Waals surface area contributed by atoms with Gasteiger partial charge < -0.3 is 15.4 Å². The van der Waals surface area contributed by atoms with Crippen molar-refractivity contribution >= 4 is 46.3 Å². The fraction of sp³-hybridized carbons (Fsp3) is 0.261. The van der Waals surface area contributed by atoms with Gasteiger partial charge in [-0.1, -0.05) is 12.1 Å². The summed E-state index contributed by atoms with van der Waals surface area (Å²) >= 11 is 3.15. The molecular formula is C23H24N4O3S2. The molecule has 2 N–H and O–H groups in total. The number of thioether (sulfide) groups is 1. The van der Waals surface area contributed by atoms with Crippen LogP contribution in [0, 0.1) is 0 Å². The predicted octanol–water partition coefficient (Wildman–Crippen LogP) is 3.96. The minimum atomic E-state index is -0.171. The Hall–Kier alpha value is -2.72. The largest absolute Gasteiger partial charge is 0.379 e. The van der Waals surface area contributed by atoms with Crippen LogP contribution in [0.15, 0.2) is 64.3 Å². The van der Waals surface area contributed by atoms with Gasteiger partial charge in [0.1, 0.15) is 0 Å². The van der Waals surface area contributed by atoms with Crippen molar-refractivity contribution in [2.45, 2.75) is 10.6 Å². The molecule has 3 aromatic rings. The predicted molar refractivity (Wildman–Crippen MR) is 128 cm³/mol. The third-order valence-electron chi connectivity index (χ3n) is 4.89. The first kappa shape index (κ1) is 22.5. The molecule has 0 radical (unpaired) electrons. The lowest BCUT2D eigenvalue weighted by Gasteiger charge is -2.25. The van der Waals surface area contributed by atoms with Gasteiger partial charge in [-0.15, -0.1) is 23.1 Å². The Balaban J connectivity index is 1.32. The molecular weight excluding hydrogens is 444 g/mol. The SMILES string of the molecule is O=C(CN1CCOCC1)Nc1ccc(NC(=O)c2ccccc2SCc2cscn2)cc1. The number of ether oxygens (including phenoxy) is 1. The molecule has 0 unspecified atom stereocenters. The van der Waals surface area contributed by atoms with Crippen molar-refractivity contribution in [1.29, 1.82) is 0 Å². The van der Waals surface area contributed by atoms with Crippen LogP contribution in [0.4, 0.5) is 11.4 Å². The fourth-order valence-corrected chi connectivity index (χ4v) is 4.85. The molecule has 9 heteroatoms. The van der Waals surface area contributed by atoms with Crippen LogP contribution in [0.2, 0.25) is 0 Å². The van der Waals surface area contributed by atoms with E-state index in [-0.39, 0.29) is 11.8 Å². The summed E-state index contributed by atoms with van der Waals surface area (Å²) in [4.78, 5) is 32.4. The lowest BCUT2D eigenvalue weighted by atomic mass is 10.2. The van der Waals surface area contributed by atoms with E-state index in [1.54, 1.807) is 47.4 Å². The number of rotatable bonds is 8. The number of nitrogens with one attached hydrogen (secondary N) is 2. The molecule has 2 heterocycles. The highest BCUT2D eigenvalue weighted by molar-refractivity contribution is 7.98. The number of carbonyl (C=O) groups is 2. The average molecular weight is 469 g/mol. The summed E-state index contributed by atoms with van der Waals surface area (Å²) in [6.45, 7) is 3.20. The van der Waals surface area contributed by atoms with Crippen LogP contribution in [0.3, 0.4) is 0 Å². The van der Waals surface area contributed by atoms with E-state index >= 15 is 0 Å². The second-order valence-electron chi connectivity index (χ2n) is 7.23. The zero-order valence-corrected chi connectivity index (χ0v) is 19.1. The Labute approximate surface area is 195 Å². The van der Waals surface area contributed by atoms with Crippen molar-refractivity contribution in [3.63, 3.8) is 0 Å². The molecule has 1 aromatic heterocycles. The van der Waals surface area contributed by atoms with E-state index in [4.69, 9.17) is 4.74 Å². The lowest BCUT2D eigenvalue weighted by Crippen LogP contribution is -2.41. The van der Waals surface area contributed by atoms with Crippen LogP contribution < -0.4 is 10.6 Å². The van der Waals surface area contributed by atoms with Gasteiger partial charge in [0.05, 0.1) is 36.5 Å². The molecule has 2 amide bonds. The van der Waals surface area contributed by atoms with Gasteiger partial charge in [-0.05, 0) is 36.4 Å². The molecule has 1 saturated heterocycles. The van der Waals surface area contributed by atoms with Crippen molar-refractivity contribution in [1.82, 2.24) is 9.88 Å². The number of benzene rings is 2. The van der Waals surface area contributed by atoms with Crippen molar-refractivity contribution in [3.8, 4) is 0 Å². The van der Waals surface area contributed by atoms with Gasteiger partial charge >= 0.3 is 0 Å². The Morgan fingerprint density at radius 3 is 2.47 bits per heavy atom. The van der Waals surface area contributed by atoms with Crippen LogP contribution in [0.5, 0.6) is 0 Å². The summed E-state index contributed by atoms with van der Waals surface area (Å²) in [6.07, 6.45) is 0. The first-order chi connectivity index (χ1) is 15.7. The van der Waals surface area contributed by atoms with Crippen molar-refractivity contribution in [2.75, 3.05) is 43.5 Å². The van der Waals surface area contributed by atoms with Gasteiger partial charge in [0.15, 0.2) is 0 Å². The number of hydrogen-bond donors (Lipinski definition) is 2. The number of amides is 2. The molecule has 2 aromatic carbocycles. The molecule has 166 valence electrons. The smallest absolute Gasteiger partial charge is 0.256 e. The summed E-state index contributed by atoms with van der Waals surface area (Å²) in [5.41, 5.74) is 4.79. The second-order valence-corrected chi connectivity index (χ2v) is 8.97. The van der Waals surface area contributed by atoms with Crippen LogP contribution in [0.1, 0.15) is 16.1 Å². The highest BCUT2D eigenvalue weighted by Gasteiger charge is 2.15. The van der Waals surface area contributed by atoms with E-state index in [0.717, 1.165) is 23.7 Å². The van der Waals surface area contributed by atoms with E-state index in [1.165, 1.54) is 0 Å². The number of nitrogens with zero attached hydrogens (tertiary/aromatic N) is 2. The number of hydrogen-bond acceptors (Lipinski definition) is 7. The topological polar surface area (TPSA) is 83.6 Å². The van der Waals surface area contributed by atoms with Gasteiger partial charge in [-0.3, -0.25) is 14.5 Å². The Bertz CT molecular complexity index is 1040. The van der Waals surface area contributed by atoms with E-state index in [1.807, 2.05) is 35.2 Å². The molecule has 0 spiro atoms. The van der Waals surface area contributed by atoms with Gasteiger partial charge in [0.2, 0.25) is 5.91 Å². The van der Waals surface area contributed by atoms with Gasteiger partial charge in [0.25, 0.3) is 5.91 Å². The molecule has 1 aliphatic rings. The summed E-state index contributed by atoms with van der Waals surface area (Å²) in [5.74, 6) is 0.484. The number of morpholine rings is 1. The second kappa shape index (κ2) is 11.2. The van der Waals surface area contributed by atoms with Gasteiger partial charge in [0, 0.05) is 40.5 Å². The first-order valence-electron chi connectivity index (χ1n) is 10.3. The van der Waals surface area contributed by atoms with Crippen molar-refractivity contribution in [3.05, 3.63) is 70.7 Å². The van der Waals surface area contributed by atoms with Crippen LogP contribution in [0.25, 0.3) is 0 Å². The Kier molecular flexibility index (Phi) is 7.89. The zero-order valence-electron chi connectivity index (χ0n) is 17.5. The van der Waals surface area contributed by atoms with Crippen LogP contribution in [-0.2, 0) is 15.3 Å². The molecule has 1 aliphatic heterocycles. The lowest BCUT2D eigenvalue weighted by molar-refractivity contribution is -0.118. The minimum Gasteiger partial charge on any atom is -0.379 e. The highest BCUT2D eigenvalue weighted by atomic mass is 32.2. The molecule has 0 aliphatic carbocycles. The molecule has 0 bridgehead atoms. The third kappa shape index (κ3) is 6.39. The number of aromatic nitrogens is 1. The number of carbonyl (C=O) groups excluding carboxylic acids is 2. The van der Waals surface area contributed by atoms with Gasteiger partial charge in [-0.25, -0.2) is 4.98 Å². The van der Waals surface area contributed by atoms with Crippen molar-refractivity contribution < 1.29 is 14.3 Å². The maximum absolute atomic E-state index is 12.9. The monoisotopic (exact) mass is 468 g/mol. The normalized spacial score (nSPS) is 14.1. The fourth-order valence-electron chi connectivity index (χ4n) is 3.24. The average Bonchev–Trinajstić information content (AvgIpc) is 3.33. The van der Waals surface area contributed by atoms with E-state index in [2.05, 4.69) is 20.5 Å². The summed E-state index contributed by atoms with van der Waals surface area (Å²) < 4.78 is 5.30. The van der Waals surface area contributed by atoms with E-state index < -0.39 is 0 Å². The molecule has 7 nitrogen and oxygen atoms in total. The minimum absolute atomic E-state index is 0.0604. The standard InChI is InChI=1S/C23H24N4O3S2/c28-22(13-27-9-11-30-12-10-27)25-17-5-7-18(8-6-17)26-23(29)20-3-1-2-4-21(20)32-15-19-14-31-16-24-19/h1-8,14,16H,9-13,15H2,(H,25,28)(H,26,29). The molecule has 0 saturated carbocycles. The summed E-state index contributed by atoms with van der Waals surface area (Å²) in [6, 6.07) is 14.7. The van der Waals surface area contributed by atoms with E-state index in [9.17, 15) is 9.59 Å².